The fraction of sp³-hybridized carbons (Fsp3) is 0.0625. The monoisotopic (exact) mass is 309 g/mol. The molecule has 3 rings (SSSR count). The van der Waals surface area contributed by atoms with Gasteiger partial charge in [-0.3, -0.25) is 9.89 Å². The first kappa shape index (κ1) is 14.6. The topological polar surface area (TPSA) is 95.3 Å². The number of nitrogens with one attached hydrogen (secondary N) is 2. The van der Waals surface area contributed by atoms with Gasteiger partial charge in [-0.1, -0.05) is 0 Å². The molecular weight excluding hydrogens is 294 g/mol. The number of amides is 1. The first-order valence-electron chi connectivity index (χ1n) is 6.93. The van der Waals surface area contributed by atoms with Crippen LogP contribution in [0, 0.1) is 0 Å². The van der Waals surface area contributed by atoms with Crippen molar-refractivity contribution in [2.24, 2.45) is 12.1 Å². The highest BCUT2D eigenvalue weighted by atomic mass is 16.3. The molecule has 3 aromatic rings. The van der Waals surface area contributed by atoms with Gasteiger partial charge in [0.15, 0.2) is 0 Å². The number of aromatic amines is 1. The Morgan fingerprint density at radius 1 is 1.35 bits per heavy atom. The molecule has 23 heavy (non-hydrogen) atoms. The van der Waals surface area contributed by atoms with Crippen LogP contribution >= 0.6 is 0 Å². The van der Waals surface area contributed by atoms with Crippen molar-refractivity contribution in [3.63, 3.8) is 0 Å². The average Bonchev–Trinajstić information content (AvgIpc) is 3.17. The molecule has 0 bridgehead atoms. The zero-order valence-corrected chi connectivity index (χ0v) is 12.4. The van der Waals surface area contributed by atoms with Crippen molar-refractivity contribution >= 4 is 12.1 Å². The van der Waals surface area contributed by atoms with Gasteiger partial charge in [0.2, 0.25) is 0 Å². The Hall–Kier alpha value is -3.35. The molecule has 0 fully saturated rings. The minimum Gasteiger partial charge on any atom is -0.508 e. The maximum absolute atomic E-state index is 12.0. The summed E-state index contributed by atoms with van der Waals surface area (Å²) in [6.07, 6.45) is 3.40. The molecule has 1 amide bonds. The summed E-state index contributed by atoms with van der Waals surface area (Å²) < 4.78 is 1.92. The van der Waals surface area contributed by atoms with Crippen LogP contribution in [-0.2, 0) is 7.05 Å². The van der Waals surface area contributed by atoms with E-state index in [0.29, 0.717) is 11.4 Å². The van der Waals surface area contributed by atoms with Crippen molar-refractivity contribution in [1.29, 1.82) is 0 Å². The van der Waals surface area contributed by atoms with E-state index in [2.05, 4.69) is 20.7 Å². The van der Waals surface area contributed by atoms with Crippen molar-refractivity contribution < 1.29 is 9.90 Å². The van der Waals surface area contributed by atoms with Crippen LogP contribution in [0.2, 0.25) is 0 Å². The summed E-state index contributed by atoms with van der Waals surface area (Å²) in [5.74, 6) is -0.204. The Kier molecular flexibility index (Phi) is 3.92. The number of rotatable bonds is 4. The SMILES string of the molecule is Cn1cccc1-c1cc(C(=O)NN=Cc2ccc(O)cc2)[nH]n1. The summed E-state index contributed by atoms with van der Waals surface area (Å²) >= 11 is 0. The van der Waals surface area contributed by atoms with Crippen molar-refractivity contribution in [3.05, 3.63) is 59.9 Å². The minimum atomic E-state index is -0.381. The number of aromatic nitrogens is 3. The molecule has 3 N–H and O–H groups in total. The molecule has 0 saturated carbocycles. The van der Waals surface area contributed by atoms with E-state index >= 15 is 0 Å². The molecule has 0 unspecified atom stereocenters. The highest BCUT2D eigenvalue weighted by Gasteiger charge is 2.11. The van der Waals surface area contributed by atoms with Crippen molar-refractivity contribution in [2.75, 3.05) is 0 Å². The maximum Gasteiger partial charge on any atom is 0.289 e. The second-order valence-electron chi connectivity index (χ2n) is 4.96. The van der Waals surface area contributed by atoms with Crippen LogP contribution in [0.5, 0.6) is 5.75 Å². The second kappa shape index (κ2) is 6.18. The lowest BCUT2D eigenvalue weighted by molar-refractivity contribution is 0.0950. The largest absolute Gasteiger partial charge is 0.508 e. The molecule has 0 spiro atoms. The van der Waals surface area contributed by atoms with Gasteiger partial charge < -0.3 is 9.67 Å². The van der Waals surface area contributed by atoms with Crippen molar-refractivity contribution in [3.8, 4) is 17.1 Å². The Bertz CT molecular complexity index is 845. The molecular formula is C16H15N5O2. The maximum atomic E-state index is 12.0. The lowest BCUT2D eigenvalue weighted by Crippen LogP contribution is -2.17. The molecule has 0 aliphatic carbocycles. The van der Waals surface area contributed by atoms with Crippen LogP contribution in [0.25, 0.3) is 11.4 Å². The number of hydrogen-bond donors (Lipinski definition) is 3. The number of aromatic hydroxyl groups is 1. The number of phenols is 1. The molecule has 7 nitrogen and oxygen atoms in total. The van der Waals surface area contributed by atoms with Gasteiger partial charge in [-0.25, -0.2) is 5.43 Å². The number of phenolic OH excluding ortho intramolecular Hbond substituents is 1. The zero-order chi connectivity index (χ0) is 16.2. The standard InChI is InChI=1S/C16H15N5O2/c1-21-8-2-3-15(21)13-9-14(19-18-13)16(23)20-17-10-11-4-6-12(22)7-5-11/h2-10,22H,1H3,(H,18,19)(H,20,23). The second-order valence-corrected chi connectivity index (χ2v) is 4.96. The van der Waals surface area contributed by atoms with Gasteiger partial charge in [0.25, 0.3) is 5.91 Å². The van der Waals surface area contributed by atoms with Crippen LogP contribution < -0.4 is 5.43 Å². The smallest absolute Gasteiger partial charge is 0.289 e. The quantitative estimate of drug-likeness (QED) is 0.507. The fourth-order valence-electron chi connectivity index (χ4n) is 2.08. The number of hydrogen-bond acceptors (Lipinski definition) is 4. The van der Waals surface area contributed by atoms with E-state index in [1.54, 1.807) is 30.3 Å². The van der Waals surface area contributed by atoms with Crippen LogP contribution in [0.4, 0.5) is 0 Å². The van der Waals surface area contributed by atoms with Crippen LogP contribution in [0.1, 0.15) is 16.1 Å². The number of nitrogens with zero attached hydrogens (tertiary/aromatic N) is 3. The molecule has 0 aliphatic rings. The number of hydrazone groups is 1. The summed E-state index contributed by atoms with van der Waals surface area (Å²) in [6, 6.07) is 12.0. The molecule has 7 heteroatoms. The Labute approximate surface area is 132 Å². The average molecular weight is 309 g/mol. The first-order chi connectivity index (χ1) is 11.1. The van der Waals surface area contributed by atoms with Crippen LogP contribution in [0.3, 0.4) is 0 Å². The highest BCUT2D eigenvalue weighted by Crippen LogP contribution is 2.17. The van der Waals surface area contributed by atoms with Crippen LogP contribution in [-0.4, -0.2) is 32.0 Å². The summed E-state index contributed by atoms with van der Waals surface area (Å²) in [7, 11) is 1.91. The van der Waals surface area contributed by atoms with Gasteiger partial charge in [0.1, 0.15) is 17.1 Å². The third kappa shape index (κ3) is 3.29. The van der Waals surface area contributed by atoms with Gasteiger partial charge in [-0.2, -0.15) is 10.2 Å². The van der Waals surface area contributed by atoms with E-state index < -0.39 is 0 Å². The van der Waals surface area contributed by atoms with Gasteiger partial charge in [0.05, 0.1) is 11.9 Å². The summed E-state index contributed by atoms with van der Waals surface area (Å²) in [4.78, 5) is 12.0. The van der Waals surface area contributed by atoms with Crippen LogP contribution in [0.15, 0.2) is 53.8 Å². The number of aryl methyl sites for hydroxylation is 1. The van der Waals surface area contributed by atoms with E-state index in [4.69, 9.17) is 0 Å². The third-order valence-corrected chi connectivity index (χ3v) is 3.30. The number of H-pyrrole nitrogens is 1. The van der Waals surface area contributed by atoms with E-state index in [1.165, 1.54) is 6.21 Å². The van der Waals surface area contributed by atoms with Crippen molar-refractivity contribution in [2.45, 2.75) is 0 Å². The molecule has 2 heterocycles. The number of carbonyl (C=O) groups excluding carboxylic acids is 1. The number of benzene rings is 1. The van der Waals surface area contributed by atoms with E-state index in [9.17, 15) is 9.90 Å². The third-order valence-electron chi connectivity index (χ3n) is 3.30. The predicted molar refractivity (Wildman–Crippen MR) is 86.2 cm³/mol. The molecule has 0 saturated heterocycles. The van der Waals surface area contributed by atoms with Crippen molar-refractivity contribution in [1.82, 2.24) is 20.2 Å². The molecule has 0 atom stereocenters. The van der Waals surface area contributed by atoms with Gasteiger partial charge in [-0.05, 0) is 48.0 Å². The van der Waals surface area contributed by atoms with E-state index in [-0.39, 0.29) is 11.7 Å². The normalized spacial score (nSPS) is 11.0. The molecule has 116 valence electrons. The predicted octanol–water partition coefficient (Wildman–Crippen LogP) is 1.88. The molecule has 0 radical (unpaired) electrons. The molecule has 0 aliphatic heterocycles. The summed E-state index contributed by atoms with van der Waals surface area (Å²) in [5.41, 5.74) is 5.11. The molecule has 1 aromatic carbocycles. The minimum absolute atomic E-state index is 0.178. The Balaban J connectivity index is 1.66. The summed E-state index contributed by atoms with van der Waals surface area (Å²) in [6.45, 7) is 0. The Morgan fingerprint density at radius 3 is 2.83 bits per heavy atom. The number of carbonyl (C=O) groups is 1. The lowest BCUT2D eigenvalue weighted by atomic mass is 10.2. The zero-order valence-electron chi connectivity index (χ0n) is 12.4. The highest BCUT2D eigenvalue weighted by molar-refractivity contribution is 5.94. The van der Waals surface area contributed by atoms with Gasteiger partial charge in [-0.15, -0.1) is 0 Å². The first-order valence-corrected chi connectivity index (χ1v) is 6.93. The fourth-order valence-corrected chi connectivity index (χ4v) is 2.08. The lowest BCUT2D eigenvalue weighted by Gasteiger charge is -1.97. The molecule has 2 aromatic heterocycles. The van der Waals surface area contributed by atoms with E-state index in [0.717, 1.165) is 11.3 Å². The van der Waals surface area contributed by atoms with Gasteiger partial charge >= 0.3 is 0 Å². The van der Waals surface area contributed by atoms with E-state index in [1.807, 2.05) is 29.9 Å². The van der Waals surface area contributed by atoms with Gasteiger partial charge in [0, 0.05) is 13.2 Å². The Morgan fingerprint density at radius 2 is 2.13 bits per heavy atom. The summed E-state index contributed by atoms with van der Waals surface area (Å²) in [5, 5.41) is 19.9.